The first-order valence-electron chi connectivity index (χ1n) is 6.82. The van der Waals surface area contributed by atoms with Gasteiger partial charge in [-0.05, 0) is 31.7 Å². The van der Waals surface area contributed by atoms with Crippen molar-refractivity contribution in [2.75, 3.05) is 7.11 Å². The summed E-state index contributed by atoms with van der Waals surface area (Å²) in [6, 6.07) is 1.94. The second kappa shape index (κ2) is 6.25. The topological polar surface area (TPSA) is 61.0 Å². The first kappa shape index (κ1) is 13.4. The number of hydrogen-bond acceptors (Lipinski definition) is 4. The van der Waals surface area contributed by atoms with Gasteiger partial charge in [0.2, 0.25) is 0 Å². The lowest BCUT2D eigenvalue weighted by Crippen LogP contribution is -2.21. The number of hydrogen-bond donors (Lipinski definition) is 1. The van der Waals surface area contributed by atoms with Crippen LogP contribution in [-0.4, -0.2) is 17.1 Å². The maximum atomic E-state index is 5.68. The Morgan fingerprint density at radius 1 is 1.33 bits per heavy atom. The smallest absolute Gasteiger partial charge is 0.157 e. The van der Waals surface area contributed by atoms with Gasteiger partial charge in [0, 0.05) is 19.3 Å². The van der Waals surface area contributed by atoms with Gasteiger partial charge in [-0.1, -0.05) is 19.3 Å². The van der Waals surface area contributed by atoms with Gasteiger partial charge in [-0.25, -0.2) is 9.97 Å². The van der Waals surface area contributed by atoms with Crippen molar-refractivity contribution in [3.8, 4) is 0 Å². The Morgan fingerprint density at radius 3 is 2.67 bits per heavy atom. The molecular formula is C14H23N3O. The van der Waals surface area contributed by atoms with E-state index in [4.69, 9.17) is 10.5 Å². The Bertz CT molecular complexity index is 389. The highest BCUT2D eigenvalue weighted by atomic mass is 16.5. The normalized spacial score (nSPS) is 18.8. The number of ether oxygens (including phenoxy) is 1. The highest BCUT2D eigenvalue weighted by Gasteiger charge is 2.27. The number of rotatable bonds is 4. The molecule has 1 aliphatic carbocycles. The van der Waals surface area contributed by atoms with E-state index in [2.05, 4.69) is 9.97 Å². The van der Waals surface area contributed by atoms with Crippen molar-refractivity contribution in [2.24, 2.45) is 11.7 Å². The van der Waals surface area contributed by atoms with Crippen molar-refractivity contribution in [2.45, 2.75) is 51.7 Å². The van der Waals surface area contributed by atoms with Crippen molar-refractivity contribution in [1.29, 1.82) is 0 Å². The second-order valence-corrected chi connectivity index (χ2v) is 5.12. The van der Waals surface area contributed by atoms with Gasteiger partial charge >= 0.3 is 0 Å². The molecule has 0 bridgehead atoms. The minimum atomic E-state index is 0.0236. The van der Waals surface area contributed by atoms with Crippen molar-refractivity contribution in [3.63, 3.8) is 0 Å². The lowest BCUT2D eigenvalue weighted by molar-refractivity contribution is 0.0286. The van der Waals surface area contributed by atoms with E-state index < -0.39 is 0 Å². The van der Waals surface area contributed by atoms with E-state index in [0.717, 1.165) is 17.2 Å². The summed E-state index contributed by atoms with van der Waals surface area (Å²) in [5, 5.41) is 0. The standard InChI is InChI=1S/C14H23N3O/c1-10-8-12(9-15)17-14(16-10)13(18-2)11-6-4-3-5-7-11/h8,11,13H,3-7,9,15H2,1-2H3. The first-order valence-corrected chi connectivity index (χ1v) is 6.82. The maximum Gasteiger partial charge on any atom is 0.157 e. The summed E-state index contributed by atoms with van der Waals surface area (Å²) >= 11 is 0. The molecule has 100 valence electrons. The van der Waals surface area contributed by atoms with Gasteiger partial charge in [0.1, 0.15) is 6.10 Å². The molecule has 0 radical (unpaired) electrons. The molecule has 0 aliphatic heterocycles. The zero-order valence-corrected chi connectivity index (χ0v) is 11.4. The number of aryl methyl sites for hydroxylation is 1. The van der Waals surface area contributed by atoms with Crippen LogP contribution >= 0.6 is 0 Å². The van der Waals surface area contributed by atoms with Gasteiger partial charge in [-0.15, -0.1) is 0 Å². The van der Waals surface area contributed by atoms with Crippen molar-refractivity contribution in [1.82, 2.24) is 9.97 Å². The van der Waals surface area contributed by atoms with Crippen LogP contribution in [0.25, 0.3) is 0 Å². The molecule has 0 spiro atoms. The minimum Gasteiger partial charge on any atom is -0.373 e. The molecule has 1 aromatic heterocycles. The highest BCUT2D eigenvalue weighted by molar-refractivity contribution is 5.11. The highest BCUT2D eigenvalue weighted by Crippen LogP contribution is 2.35. The predicted octanol–water partition coefficient (Wildman–Crippen LogP) is 2.51. The minimum absolute atomic E-state index is 0.0236. The van der Waals surface area contributed by atoms with E-state index >= 15 is 0 Å². The maximum absolute atomic E-state index is 5.68. The van der Waals surface area contributed by atoms with Crippen LogP contribution in [0.4, 0.5) is 0 Å². The van der Waals surface area contributed by atoms with E-state index in [-0.39, 0.29) is 6.10 Å². The molecule has 1 unspecified atom stereocenters. The summed E-state index contributed by atoms with van der Waals surface area (Å²) in [6.45, 7) is 2.44. The van der Waals surface area contributed by atoms with Crippen LogP contribution in [0.15, 0.2) is 6.07 Å². The first-order chi connectivity index (χ1) is 8.74. The molecule has 0 saturated heterocycles. The number of aromatic nitrogens is 2. The SMILES string of the molecule is COC(c1nc(C)cc(CN)n1)C1CCCCC1. The molecule has 2 rings (SSSR count). The summed E-state index contributed by atoms with van der Waals surface area (Å²) in [4.78, 5) is 9.07. The molecule has 18 heavy (non-hydrogen) atoms. The van der Waals surface area contributed by atoms with Crippen LogP contribution in [0, 0.1) is 12.8 Å². The molecule has 1 aliphatic rings. The Morgan fingerprint density at radius 2 is 2.06 bits per heavy atom. The molecule has 1 atom stereocenters. The van der Waals surface area contributed by atoms with Gasteiger partial charge in [0.05, 0.1) is 5.69 Å². The fraction of sp³-hybridized carbons (Fsp3) is 0.714. The van der Waals surface area contributed by atoms with Crippen LogP contribution in [0.3, 0.4) is 0 Å². The number of nitrogens with zero attached hydrogens (tertiary/aromatic N) is 2. The molecule has 0 amide bonds. The van der Waals surface area contributed by atoms with Crippen LogP contribution in [0.5, 0.6) is 0 Å². The average molecular weight is 249 g/mol. The molecule has 2 N–H and O–H groups in total. The van der Waals surface area contributed by atoms with Crippen LogP contribution in [0.1, 0.15) is 55.4 Å². The van der Waals surface area contributed by atoms with E-state index in [1.54, 1.807) is 7.11 Å². The molecule has 1 saturated carbocycles. The number of methoxy groups -OCH3 is 1. The van der Waals surface area contributed by atoms with Gasteiger partial charge < -0.3 is 10.5 Å². The van der Waals surface area contributed by atoms with Crippen molar-refractivity contribution in [3.05, 3.63) is 23.3 Å². The van der Waals surface area contributed by atoms with Gasteiger partial charge in [0.15, 0.2) is 5.82 Å². The average Bonchev–Trinajstić information content (AvgIpc) is 2.40. The molecule has 0 aromatic carbocycles. The third-order valence-corrected chi connectivity index (χ3v) is 3.72. The molecule has 1 heterocycles. The third kappa shape index (κ3) is 3.06. The largest absolute Gasteiger partial charge is 0.373 e. The van der Waals surface area contributed by atoms with E-state index in [0.29, 0.717) is 12.5 Å². The summed E-state index contributed by atoms with van der Waals surface area (Å²) in [6.07, 6.45) is 6.38. The van der Waals surface area contributed by atoms with Crippen LogP contribution < -0.4 is 5.73 Å². The molecule has 4 nitrogen and oxygen atoms in total. The van der Waals surface area contributed by atoms with Crippen molar-refractivity contribution < 1.29 is 4.74 Å². The Hall–Kier alpha value is -1.00. The fourth-order valence-corrected chi connectivity index (χ4v) is 2.84. The summed E-state index contributed by atoms with van der Waals surface area (Å²) < 4.78 is 5.66. The third-order valence-electron chi connectivity index (χ3n) is 3.72. The Balaban J connectivity index is 2.22. The van der Waals surface area contributed by atoms with Crippen LogP contribution in [-0.2, 0) is 11.3 Å². The van der Waals surface area contributed by atoms with Gasteiger partial charge in [-0.3, -0.25) is 0 Å². The monoisotopic (exact) mass is 249 g/mol. The molecular weight excluding hydrogens is 226 g/mol. The molecule has 4 heteroatoms. The summed E-state index contributed by atoms with van der Waals surface area (Å²) in [5.41, 5.74) is 7.55. The number of nitrogens with two attached hydrogens (primary N) is 1. The Kier molecular flexibility index (Phi) is 4.66. The van der Waals surface area contributed by atoms with Crippen molar-refractivity contribution >= 4 is 0 Å². The molecule has 1 fully saturated rings. The fourth-order valence-electron chi connectivity index (χ4n) is 2.84. The summed E-state index contributed by atoms with van der Waals surface area (Å²) in [7, 11) is 1.76. The zero-order valence-electron chi connectivity index (χ0n) is 11.4. The quantitative estimate of drug-likeness (QED) is 0.890. The predicted molar refractivity (Wildman–Crippen MR) is 71.0 cm³/mol. The lowest BCUT2D eigenvalue weighted by atomic mass is 9.85. The van der Waals surface area contributed by atoms with Crippen LogP contribution in [0.2, 0.25) is 0 Å². The Labute approximate surface area is 109 Å². The van der Waals surface area contributed by atoms with E-state index in [9.17, 15) is 0 Å². The van der Waals surface area contributed by atoms with Gasteiger partial charge in [-0.2, -0.15) is 0 Å². The summed E-state index contributed by atoms with van der Waals surface area (Å²) in [5.74, 6) is 1.36. The van der Waals surface area contributed by atoms with E-state index in [1.165, 1.54) is 32.1 Å². The van der Waals surface area contributed by atoms with E-state index in [1.807, 2.05) is 13.0 Å². The second-order valence-electron chi connectivity index (χ2n) is 5.12. The van der Waals surface area contributed by atoms with Gasteiger partial charge in [0.25, 0.3) is 0 Å². The molecule has 1 aromatic rings. The lowest BCUT2D eigenvalue weighted by Gasteiger charge is -2.28. The zero-order chi connectivity index (χ0) is 13.0.